The van der Waals surface area contributed by atoms with E-state index in [0.29, 0.717) is 16.1 Å². The van der Waals surface area contributed by atoms with Gasteiger partial charge in [0.05, 0.1) is 18.4 Å². The minimum atomic E-state index is 0.411. The van der Waals surface area contributed by atoms with Gasteiger partial charge in [0.2, 0.25) is 0 Å². The summed E-state index contributed by atoms with van der Waals surface area (Å²) < 4.78 is 5.69. The first-order chi connectivity index (χ1) is 9.85. The van der Waals surface area contributed by atoms with Gasteiger partial charge in [-0.05, 0) is 17.7 Å². The maximum Gasteiger partial charge on any atom is 0.118 e. The second kappa shape index (κ2) is 7.29. The lowest BCUT2D eigenvalue weighted by Crippen LogP contribution is -2.32. The third-order valence-electron chi connectivity index (χ3n) is 3.25. The smallest absolute Gasteiger partial charge is 0.118 e. The Bertz CT molecular complexity index is 425. The van der Waals surface area contributed by atoms with Crippen LogP contribution in [0.3, 0.4) is 0 Å². The van der Waals surface area contributed by atoms with Crippen molar-refractivity contribution in [1.29, 1.82) is 0 Å². The summed E-state index contributed by atoms with van der Waals surface area (Å²) in [5.74, 6) is 4.24. The van der Waals surface area contributed by atoms with Crippen LogP contribution in [-0.4, -0.2) is 35.2 Å². The van der Waals surface area contributed by atoms with E-state index in [9.17, 15) is 0 Å². The zero-order valence-corrected chi connectivity index (χ0v) is 13.7. The number of hydrogen-bond donors (Lipinski definition) is 3. The topological polar surface area (TPSA) is 45.3 Å². The fourth-order valence-corrected chi connectivity index (χ4v) is 5.69. The highest BCUT2D eigenvalue weighted by Gasteiger charge is 2.26. The molecule has 0 saturated carbocycles. The van der Waals surface area contributed by atoms with E-state index in [4.69, 9.17) is 4.74 Å². The van der Waals surface area contributed by atoms with E-state index in [-0.39, 0.29) is 0 Å². The van der Waals surface area contributed by atoms with Crippen molar-refractivity contribution in [2.45, 2.75) is 16.1 Å². The molecule has 3 N–H and O–H groups in total. The van der Waals surface area contributed by atoms with Gasteiger partial charge in [0.25, 0.3) is 0 Å². The molecule has 2 aliphatic rings. The summed E-state index contributed by atoms with van der Waals surface area (Å²) in [6.45, 7) is 0. The fourth-order valence-electron chi connectivity index (χ4n) is 2.17. The van der Waals surface area contributed by atoms with Gasteiger partial charge in [-0.15, -0.1) is 35.3 Å². The van der Waals surface area contributed by atoms with Crippen LogP contribution in [0.5, 0.6) is 5.75 Å². The molecule has 1 aromatic rings. The molecule has 0 radical (unpaired) electrons. The Kier molecular flexibility index (Phi) is 5.42. The van der Waals surface area contributed by atoms with Gasteiger partial charge in [-0.25, -0.2) is 10.9 Å². The van der Waals surface area contributed by atoms with Crippen LogP contribution in [0.15, 0.2) is 24.3 Å². The number of ether oxygens (including phenoxy) is 1. The van der Waals surface area contributed by atoms with Gasteiger partial charge in [0, 0.05) is 17.5 Å². The normalized spacial score (nSPS) is 29.8. The molecule has 0 bridgehead atoms. The lowest BCUT2D eigenvalue weighted by molar-refractivity contribution is 0.414. The average molecular weight is 330 g/mol. The molecule has 20 heavy (non-hydrogen) atoms. The van der Waals surface area contributed by atoms with E-state index >= 15 is 0 Å². The summed E-state index contributed by atoms with van der Waals surface area (Å²) in [7, 11) is 1.70. The van der Waals surface area contributed by atoms with E-state index in [1.54, 1.807) is 7.11 Å². The van der Waals surface area contributed by atoms with Crippen molar-refractivity contribution in [2.24, 2.45) is 0 Å². The van der Waals surface area contributed by atoms with Crippen LogP contribution in [-0.2, 0) is 0 Å². The van der Waals surface area contributed by atoms with E-state index in [0.717, 1.165) is 17.4 Å². The van der Waals surface area contributed by atoms with E-state index in [2.05, 4.69) is 28.3 Å². The van der Waals surface area contributed by atoms with Crippen LogP contribution in [0.1, 0.15) is 10.9 Å². The molecule has 3 unspecified atom stereocenters. The minimum Gasteiger partial charge on any atom is -0.497 e. The summed E-state index contributed by atoms with van der Waals surface area (Å²) in [6.07, 6.45) is 0. The number of rotatable bonds is 5. The van der Waals surface area contributed by atoms with Crippen LogP contribution in [0.2, 0.25) is 0 Å². The van der Waals surface area contributed by atoms with Crippen molar-refractivity contribution in [3.63, 3.8) is 0 Å². The van der Waals surface area contributed by atoms with Gasteiger partial charge in [0.1, 0.15) is 10.5 Å². The van der Waals surface area contributed by atoms with Crippen molar-refractivity contribution < 1.29 is 4.74 Å². The molecular weight excluding hydrogens is 310 g/mol. The van der Waals surface area contributed by atoms with Crippen molar-refractivity contribution in [2.75, 3.05) is 24.5 Å². The molecule has 2 heterocycles. The third-order valence-corrected chi connectivity index (χ3v) is 7.15. The van der Waals surface area contributed by atoms with Crippen molar-refractivity contribution in [1.82, 2.24) is 16.2 Å². The Morgan fingerprint density at radius 3 is 2.85 bits per heavy atom. The summed E-state index contributed by atoms with van der Waals surface area (Å²) in [5.41, 5.74) is 7.74. The lowest BCUT2D eigenvalue weighted by atomic mass is 10.2. The number of nitrogens with one attached hydrogen (secondary N) is 3. The molecule has 0 aliphatic carbocycles. The van der Waals surface area contributed by atoms with Gasteiger partial charge in [0.15, 0.2) is 0 Å². The molecular formula is C13H19N3OS3. The zero-order valence-electron chi connectivity index (χ0n) is 11.3. The Morgan fingerprint density at radius 2 is 2.15 bits per heavy atom. The Morgan fingerprint density at radius 1 is 1.30 bits per heavy atom. The first kappa shape index (κ1) is 14.9. The minimum absolute atomic E-state index is 0.411. The van der Waals surface area contributed by atoms with Crippen LogP contribution in [0.4, 0.5) is 0 Å². The second-order valence-corrected chi connectivity index (χ2v) is 8.32. The molecule has 0 aromatic heterocycles. The number of thioether (sulfide) groups is 3. The molecule has 3 rings (SSSR count). The monoisotopic (exact) mass is 329 g/mol. The average Bonchev–Trinajstić information content (AvgIpc) is 3.17. The van der Waals surface area contributed by atoms with Gasteiger partial charge < -0.3 is 4.74 Å². The number of methoxy groups -OCH3 is 1. The number of hydrazine groups is 1. The molecule has 0 amide bonds. The summed E-state index contributed by atoms with van der Waals surface area (Å²) in [4.78, 5) is 0. The molecule has 3 atom stereocenters. The Labute approximate surface area is 132 Å². The number of benzene rings is 1. The summed E-state index contributed by atoms with van der Waals surface area (Å²) in [6, 6.07) is 8.95. The van der Waals surface area contributed by atoms with Crippen LogP contribution in [0, 0.1) is 0 Å². The Hall–Kier alpha value is -0.0500. The first-order valence-electron chi connectivity index (χ1n) is 6.58. The predicted molar refractivity (Wildman–Crippen MR) is 90.1 cm³/mol. The first-order valence-corrected chi connectivity index (χ1v) is 9.73. The maximum absolute atomic E-state index is 5.20. The third kappa shape index (κ3) is 3.78. The fraction of sp³-hybridized carbons (Fsp3) is 0.538. The van der Waals surface area contributed by atoms with Crippen LogP contribution >= 0.6 is 35.3 Å². The SMILES string of the molecule is COc1ccc(C2NC(CSC3NNCS3)CS2)cc1. The van der Waals surface area contributed by atoms with E-state index in [1.165, 1.54) is 11.3 Å². The van der Waals surface area contributed by atoms with Gasteiger partial charge in [-0.1, -0.05) is 12.1 Å². The summed E-state index contributed by atoms with van der Waals surface area (Å²) >= 11 is 5.89. The second-order valence-electron chi connectivity index (χ2n) is 4.65. The quantitative estimate of drug-likeness (QED) is 0.765. The lowest BCUT2D eigenvalue weighted by Gasteiger charge is -2.15. The zero-order chi connectivity index (χ0) is 13.8. The van der Waals surface area contributed by atoms with Crippen molar-refractivity contribution >= 4 is 35.3 Å². The molecule has 2 fully saturated rings. The molecule has 2 aliphatic heterocycles. The predicted octanol–water partition coefficient (Wildman–Crippen LogP) is 2.21. The number of hydrogen-bond acceptors (Lipinski definition) is 7. The largest absolute Gasteiger partial charge is 0.497 e. The van der Waals surface area contributed by atoms with Gasteiger partial charge >= 0.3 is 0 Å². The maximum atomic E-state index is 5.20. The molecule has 4 nitrogen and oxygen atoms in total. The van der Waals surface area contributed by atoms with Crippen LogP contribution in [0.25, 0.3) is 0 Å². The van der Waals surface area contributed by atoms with Crippen molar-refractivity contribution in [3.8, 4) is 5.75 Å². The highest BCUT2D eigenvalue weighted by molar-refractivity contribution is 8.17. The van der Waals surface area contributed by atoms with E-state index < -0.39 is 0 Å². The molecule has 2 saturated heterocycles. The van der Waals surface area contributed by atoms with Gasteiger partial charge in [-0.2, -0.15) is 0 Å². The Balaban J connectivity index is 1.48. The van der Waals surface area contributed by atoms with Gasteiger partial charge in [-0.3, -0.25) is 5.32 Å². The highest BCUT2D eigenvalue weighted by atomic mass is 32.2. The van der Waals surface area contributed by atoms with Crippen molar-refractivity contribution in [3.05, 3.63) is 29.8 Å². The molecule has 0 spiro atoms. The standard InChI is InChI=1S/C13H19N3OS3/c1-17-11-4-2-9(3-5-11)12-15-10(6-18-12)7-19-13-16-14-8-20-13/h2-5,10,12-16H,6-8H2,1H3. The van der Waals surface area contributed by atoms with Crippen LogP contribution < -0.4 is 20.9 Å². The highest BCUT2D eigenvalue weighted by Crippen LogP contribution is 2.35. The molecule has 110 valence electrons. The molecule has 1 aromatic carbocycles. The molecule has 7 heteroatoms. The summed E-state index contributed by atoms with van der Waals surface area (Å²) in [5, 5.41) is 4.12. The van der Waals surface area contributed by atoms with E-state index in [1.807, 2.05) is 47.4 Å².